The first-order valence-electron chi connectivity index (χ1n) is 19.6. The fourth-order valence-electron chi connectivity index (χ4n) is 9.63. The van der Waals surface area contributed by atoms with Gasteiger partial charge in [-0.25, -0.2) is 4.72 Å². The second-order valence-corrected chi connectivity index (χ2v) is 18.3. The van der Waals surface area contributed by atoms with Crippen molar-refractivity contribution < 1.29 is 27.5 Å². The molecule has 2 aliphatic carbocycles. The number of carbonyl (C=O) groups excluding carboxylic acids is 2. The van der Waals surface area contributed by atoms with Gasteiger partial charge >= 0.3 is 10.2 Å². The van der Waals surface area contributed by atoms with Crippen LogP contribution in [0.4, 0.5) is 0 Å². The molecule has 4 aromatic rings. The Labute approximate surface area is 324 Å². The van der Waals surface area contributed by atoms with E-state index in [-0.39, 0.29) is 29.5 Å². The summed E-state index contributed by atoms with van der Waals surface area (Å²) >= 11 is 0. The van der Waals surface area contributed by atoms with Gasteiger partial charge in [0.15, 0.2) is 0 Å². The van der Waals surface area contributed by atoms with E-state index < -0.39 is 21.5 Å². The predicted octanol–water partition coefficient (Wildman–Crippen LogP) is 6.14. The maximum absolute atomic E-state index is 15.1. The molecule has 0 spiro atoms. The Morgan fingerprint density at radius 2 is 1.75 bits per heavy atom. The number of hydrogen-bond donors (Lipinski definition) is 1. The summed E-state index contributed by atoms with van der Waals surface area (Å²) in [7, 11) is 2.38. The van der Waals surface area contributed by atoms with Crippen LogP contribution in [0.25, 0.3) is 22.2 Å². The van der Waals surface area contributed by atoms with Crippen molar-refractivity contribution in [2.45, 2.75) is 82.5 Å². The standard InChI is InChI=1S/C43H53N5O6S/c1-28-25-54-26-32(47(28)23-29-12-8-6-9-13-29)24-46(4)42(50)43-22-37(43)36-21-33(53-5)17-19-34(36)40-39(30-14-10-7-11-15-30)35-18-16-31(20-38(35)48(40)27-43)41(49)44-55(51,52)45(2)3/h6,8-9,12-13,16-21,28,30,32,37H,7,10-11,14-15,22-27H2,1-5H3,(H,44,49). The lowest BCUT2D eigenvalue weighted by Crippen LogP contribution is -2.55. The van der Waals surface area contributed by atoms with Gasteiger partial charge in [-0.2, -0.15) is 12.7 Å². The molecule has 4 aliphatic rings. The molecule has 11 nitrogen and oxygen atoms in total. The van der Waals surface area contributed by atoms with Gasteiger partial charge in [0.25, 0.3) is 5.91 Å². The third-order valence-electron chi connectivity index (χ3n) is 12.7. The van der Waals surface area contributed by atoms with E-state index in [1.807, 2.05) is 36.2 Å². The van der Waals surface area contributed by atoms with Crippen LogP contribution in [0.3, 0.4) is 0 Å². The monoisotopic (exact) mass is 767 g/mol. The molecule has 2 aliphatic heterocycles. The summed E-state index contributed by atoms with van der Waals surface area (Å²) in [5.74, 6) is 0.478. The molecule has 3 aromatic carbocycles. The maximum atomic E-state index is 15.1. The third-order valence-corrected chi connectivity index (χ3v) is 14.1. The van der Waals surface area contributed by atoms with E-state index in [4.69, 9.17) is 9.47 Å². The zero-order valence-electron chi connectivity index (χ0n) is 32.6. The minimum Gasteiger partial charge on any atom is -0.497 e. The highest BCUT2D eigenvalue weighted by Gasteiger charge is 2.63. The lowest BCUT2D eigenvalue weighted by Gasteiger charge is -2.42. The normalized spacial score (nSPS) is 24.1. The number of likely N-dealkylation sites (N-methyl/N-ethyl adjacent to an activating group) is 1. The smallest absolute Gasteiger partial charge is 0.303 e. The van der Waals surface area contributed by atoms with Crippen molar-refractivity contribution >= 4 is 32.9 Å². The number of carbonyl (C=O) groups is 2. The molecular formula is C43H53N5O6S. The van der Waals surface area contributed by atoms with Crippen molar-refractivity contribution in [2.75, 3.05) is 48.0 Å². The molecule has 1 saturated heterocycles. The first-order chi connectivity index (χ1) is 26.4. The number of morpholine rings is 1. The highest BCUT2D eigenvalue weighted by molar-refractivity contribution is 7.87. The van der Waals surface area contributed by atoms with Gasteiger partial charge in [0.05, 0.1) is 37.5 Å². The number of rotatable bonds is 10. The van der Waals surface area contributed by atoms with Crippen LogP contribution < -0.4 is 9.46 Å². The van der Waals surface area contributed by atoms with E-state index in [1.54, 1.807) is 13.2 Å². The molecule has 2 saturated carbocycles. The molecule has 1 N–H and O–H groups in total. The van der Waals surface area contributed by atoms with Crippen molar-refractivity contribution in [3.05, 3.63) is 89.0 Å². The quantitative estimate of drug-likeness (QED) is 0.207. The fraction of sp³-hybridized carbons (Fsp3) is 0.488. The summed E-state index contributed by atoms with van der Waals surface area (Å²) in [5.41, 5.74) is 6.20. The SMILES string of the molecule is COc1ccc2c(c1)C1CC1(C(=O)N(C)CC1COCC(C)N1Cc1ccccc1)Cn1c-2c(C2CCCCC2)c2ccc(C(=O)NS(=O)(=O)N(C)C)cc21. The van der Waals surface area contributed by atoms with Gasteiger partial charge in [0.2, 0.25) is 5.91 Å². The fourth-order valence-corrected chi connectivity index (χ4v) is 10.2. The number of benzene rings is 3. The molecule has 292 valence electrons. The lowest BCUT2D eigenvalue weighted by atomic mass is 9.81. The molecular weight excluding hydrogens is 715 g/mol. The summed E-state index contributed by atoms with van der Waals surface area (Å²) in [6, 6.07) is 22.5. The summed E-state index contributed by atoms with van der Waals surface area (Å²) in [4.78, 5) is 33.0. The maximum Gasteiger partial charge on any atom is 0.303 e. The number of methoxy groups -OCH3 is 1. The highest BCUT2D eigenvalue weighted by Crippen LogP contribution is 2.66. The average molecular weight is 768 g/mol. The van der Waals surface area contributed by atoms with Gasteiger partial charge in [-0.3, -0.25) is 14.5 Å². The Kier molecular flexibility index (Phi) is 10.1. The van der Waals surface area contributed by atoms with Crippen LogP contribution in [0.15, 0.2) is 66.7 Å². The van der Waals surface area contributed by atoms with Crippen LogP contribution in [-0.2, 0) is 32.8 Å². The zero-order chi connectivity index (χ0) is 38.6. The molecule has 1 aromatic heterocycles. The molecule has 0 radical (unpaired) electrons. The van der Waals surface area contributed by atoms with Crippen molar-refractivity contribution in [1.82, 2.24) is 23.4 Å². The third kappa shape index (κ3) is 6.85. The zero-order valence-corrected chi connectivity index (χ0v) is 33.4. The summed E-state index contributed by atoms with van der Waals surface area (Å²) < 4.78 is 42.7. The number of ether oxygens (including phenoxy) is 2. The summed E-state index contributed by atoms with van der Waals surface area (Å²) in [6.07, 6.45) is 6.34. The van der Waals surface area contributed by atoms with Crippen LogP contribution in [0.1, 0.15) is 84.3 Å². The number of nitrogens with one attached hydrogen (secondary N) is 1. The van der Waals surface area contributed by atoms with Gasteiger partial charge in [0.1, 0.15) is 5.75 Å². The first kappa shape index (κ1) is 37.7. The van der Waals surface area contributed by atoms with E-state index >= 15 is 4.79 Å². The topological polar surface area (TPSA) is 113 Å². The van der Waals surface area contributed by atoms with Crippen molar-refractivity contribution in [1.29, 1.82) is 0 Å². The van der Waals surface area contributed by atoms with Crippen molar-refractivity contribution in [2.24, 2.45) is 5.41 Å². The molecule has 4 unspecified atom stereocenters. The minimum atomic E-state index is -4.00. The van der Waals surface area contributed by atoms with Gasteiger partial charge < -0.3 is 18.9 Å². The molecule has 55 heavy (non-hydrogen) atoms. The van der Waals surface area contributed by atoms with Crippen LogP contribution in [0, 0.1) is 5.41 Å². The van der Waals surface area contributed by atoms with E-state index in [1.165, 1.54) is 31.6 Å². The van der Waals surface area contributed by atoms with Crippen LogP contribution in [0.5, 0.6) is 5.75 Å². The minimum absolute atomic E-state index is 0.0135. The predicted molar refractivity (Wildman–Crippen MR) is 213 cm³/mol. The van der Waals surface area contributed by atoms with E-state index in [2.05, 4.69) is 57.5 Å². The Bertz CT molecular complexity index is 2210. The molecule has 12 heteroatoms. The van der Waals surface area contributed by atoms with Crippen LogP contribution in [-0.4, -0.2) is 99.0 Å². The van der Waals surface area contributed by atoms with Gasteiger partial charge in [-0.15, -0.1) is 0 Å². The van der Waals surface area contributed by atoms with E-state index in [9.17, 15) is 13.2 Å². The number of fused-ring (bicyclic) bond motifs is 7. The first-order valence-corrected chi connectivity index (χ1v) is 21.1. The number of amides is 2. The molecule has 0 bridgehead atoms. The van der Waals surface area contributed by atoms with Gasteiger partial charge in [0, 0.05) is 74.8 Å². The van der Waals surface area contributed by atoms with E-state index in [0.29, 0.717) is 38.6 Å². The summed E-state index contributed by atoms with van der Waals surface area (Å²) in [5, 5.41) is 1.05. The number of hydrogen-bond acceptors (Lipinski definition) is 7. The molecule has 3 fully saturated rings. The number of aromatic nitrogens is 1. The lowest BCUT2D eigenvalue weighted by molar-refractivity contribution is -0.139. The largest absolute Gasteiger partial charge is 0.497 e. The van der Waals surface area contributed by atoms with Crippen LogP contribution in [0.2, 0.25) is 0 Å². The Morgan fingerprint density at radius 3 is 2.47 bits per heavy atom. The van der Waals surface area contributed by atoms with Gasteiger partial charge in [-0.1, -0.05) is 55.7 Å². The average Bonchev–Trinajstić information content (AvgIpc) is 3.85. The molecule has 8 rings (SSSR count). The van der Waals surface area contributed by atoms with Gasteiger partial charge in [-0.05, 0) is 79.1 Å². The molecule has 2 amide bonds. The Balaban J connectivity index is 1.21. The van der Waals surface area contributed by atoms with Crippen molar-refractivity contribution in [3.63, 3.8) is 0 Å². The molecule has 4 atom stereocenters. The highest BCUT2D eigenvalue weighted by atomic mass is 32.2. The summed E-state index contributed by atoms with van der Waals surface area (Å²) in [6.45, 7) is 5.16. The Morgan fingerprint density at radius 1 is 0.982 bits per heavy atom. The molecule has 3 heterocycles. The van der Waals surface area contributed by atoms with Crippen molar-refractivity contribution in [3.8, 4) is 17.0 Å². The van der Waals surface area contributed by atoms with Crippen LogP contribution >= 0.6 is 0 Å². The second-order valence-electron chi connectivity index (χ2n) is 16.4. The second kappa shape index (κ2) is 14.7. The van der Waals surface area contributed by atoms with E-state index in [0.717, 1.165) is 70.0 Å². The number of nitrogens with zero attached hydrogens (tertiary/aromatic N) is 4. The Hall–Kier alpha value is -4.23.